The summed E-state index contributed by atoms with van der Waals surface area (Å²) in [7, 11) is -3.90. The number of aliphatic hydroxyl groups excluding tert-OH is 1. The first-order valence-corrected chi connectivity index (χ1v) is 11.2. The molecule has 3 rings (SSSR count). The van der Waals surface area contributed by atoms with Crippen molar-refractivity contribution in [1.29, 1.82) is 0 Å². The van der Waals surface area contributed by atoms with Gasteiger partial charge < -0.3 is 10.0 Å². The normalized spacial score (nSPS) is 16.1. The minimum atomic E-state index is -3.90. The van der Waals surface area contributed by atoms with E-state index in [1.807, 2.05) is 30.3 Å². The van der Waals surface area contributed by atoms with Crippen molar-refractivity contribution >= 4 is 27.3 Å². The van der Waals surface area contributed by atoms with E-state index >= 15 is 0 Å². The minimum Gasteiger partial charge on any atom is -0.395 e. The number of sulfone groups is 1. The van der Waals surface area contributed by atoms with E-state index in [9.17, 15) is 18.3 Å². The first-order chi connectivity index (χ1) is 13.4. The fraction of sp³-hybridized carbons (Fsp3) is 0.381. The number of carbonyl (C=O) groups excluding carboxylic acids is 1. The predicted octanol–water partition coefficient (Wildman–Crippen LogP) is 3.45. The molecule has 28 heavy (non-hydrogen) atoms. The Morgan fingerprint density at radius 3 is 2.21 bits per heavy atom. The van der Waals surface area contributed by atoms with E-state index < -0.39 is 20.5 Å². The summed E-state index contributed by atoms with van der Waals surface area (Å²) in [5.74, 6) is -0.433. The van der Waals surface area contributed by atoms with Gasteiger partial charge in [0.15, 0.2) is 14.6 Å². The molecule has 1 amide bonds. The predicted molar refractivity (Wildman–Crippen MR) is 109 cm³/mol. The third kappa shape index (κ3) is 3.95. The lowest BCUT2D eigenvalue weighted by molar-refractivity contribution is -0.135. The molecule has 1 saturated carbocycles. The number of amides is 1. The van der Waals surface area contributed by atoms with E-state index in [1.54, 1.807) is 0 Å². The van der Waals surface area contributed by atoms with Crippen molar-refractivity contribution in [2.45, 2.75) is 41.9 Å². The molecule has 0 saturated heterocycles. The standard InChI is InChI=1S/C21H24ClNO4S/c22-18-8-10-19(11-9-18)28(26,27)21(12-4-5-13-21)20(25)23(14-15-24)16-17-6-2-1-3-7-17/h1-3,6-11,24H,4-5,12-16H2. The molecule has 1 aliphatic rings. The minimum absolute atomic E-state index is 0.0889. The number of benzene rings is 2. The lowest BCUT2D eigenvalue weighted by Crippen LogP contribution is -2.52. The van der Waals surface area contributed by atoms with Crippen molar-refractivity contribution in [2.75, 3.05) is 13.2 Å². The van der Waals surface area contributed by atoms with Gasteiger partial charge in [-0.1, -0.05) is 54.8 Å². The van der Waals surface area contributed by atoms with E-state index in [0.29, 0.717) is 17.9 Å². The number of rotatable bonds is 7. The van der Waals surface area contributed by atoms with Gasteiger partial charge in [0.25, 0.3) is 0 Å². The van der Waals surface area contributed by atoms with Crippen LogP contribution in [-0.4, -0.2) is 42.2 Å². The van der Waals surface area contributed by atoms with Gasteiger partial charge in [-0.05, 0) is 42.7 Å². The van der Waals surface area contributed by atoms with Crippen LogP contribution in [0.2, 0.25) is 5.02 Å². The van der Waals surface area contributed by atoms with Gasteiger partial charge in [0, 0.05) is 18.1 Å². The molecule has 0 bridgehead atoms. The number of halogens is 1. The molecule has 2 aromatic rings. The summed E-state index contributed by atoms with van der Waals surface area (Å²) in [6.45, 7) is 0.124. The van der Waals surface area contributed by atoms with E-state index in [-0.39, 0.29) is 37.4 Å². The van der Waals surface area contributed by atoms with Crippen molar-refractivity contribution < 1.29 is 18.3 Å². The fourth-order valence-electron chi connectivity index (χ4n) is 3.85. The van der Waals surface area contributed by atoms with Gasteiger partial charge in [0.1, 0.15) is 0 Å². The second-order valence-corrected chi connectivity index (χ2v) is 9.79. The highest BCUT2D eigenvalue weighted by atomic mass is 35.5. The van der Waals surface area contributed by atoms with Crippen LogP contribution < -0.4 is 0 Å². The molecule has 0 atom stereocenters. The highest BCUT2D eigenvalue weighted by molar-refractivity contribution is 7.93. The molecule has 0 aromatic heterocycles. The van der Waals surface area contributed by atoms with Crippen LogP contribution in [0.4, 0.5) is 0 Å². The Balaban J connectivity index is 1.99. The SMILES string of the molecule is O=C(N(CCO)Cc1ccccc1)C1(S(=O)(=O)c2ccc(Cl)cc2)CCCC1. The first-order valence-electron chi connectivity index (χ1n) is 9.35. The second-order valence-electron chi connectivity index (χ2n) is 7.09. The molecule has 1 N–H and O–H groups in total. The van der Waals surface area contributed by atoms with Crippen LogP contribution in [0.5, 0.6) is 0 Å². The maximum absolute atomic E-state index is 13.6. The Morgan fingerprint density at radius 1 is 1.04 bits per heavy atom. The lowest BCUT2D eigenvalue weighted by Gasteiger charge is -2.34. The highest BCUT2D eigenvalue weighted by Gasteiger charge is 2.54. The van der Waals surface area contributed by atoms with Crippen molar-refractivity contribution in [2.24, 2.45) is 0 Å². The summed E-state index contributed by atoms with van der Waals surface area (Å²) in [5.41, 5.74) is 0.890. The maximum Gasteiger partial charge on any atom is 0.244 e. The van der Waals surface area contributed by atoms with E-state index in [1.165, 1.54) is 29.2 Å². The zero-order chi connectivity index (χ0) is 20.2. The highest BCUT2D eigenvalue weighted by Crippen LogP contribution is 2.42. The summed E-state index contributed by atoms with van der Waals surface area (Å²) in [6.07, 6.45) is 1.93. The third-order valence-electron chi connectivity index (χ3n) is 5.31. The topological polar surface area (TPSA) is 74.7 Å². The lowest BCUT2D eigenvalue weighted by atomic mass is 10.0. The summed E-state index contributed by atoms with van der Waals surface area (Å²) in [4.78, 5) is 15.1. The third-order valence-corrected chi connectivity index (χ3v) is 8.07. The van der Waals surface area contributed by atoms with Crippen LogP contribution in [0.25, 0.3) is 0 Å². The molecule has 0 spiro atoms. The molecule has 7 heteroatoms. The Kier molecular flexibility index (Phi) is 6.43. The van der Waals surface area contributed by atoms with Crippen molar-refractivity contribution in [1.82, 2.24) is 4.90 Å². The molecular formula is C21H24ClNO4S. The monoisotopic (exact) mass is 421 g/mol. The van der Waals surface area contributed by atoms with Gasteiger partial charge >= 0.3 is 0 Å². The van der Waals surface area contributed by atoms with Crippen molar-refractivity contribution in [3.63, 3.8) is 0 Å². The van der Waals surface area contributed by atoms with E-state index in [4.69, 9.17) is 11.6 Å². The summed E-state index contributed by atoms with van der Waals surface area (Å²) in [5, 5.41) is 9.92. The maximum atomic E-state index is 13.6. The largest absolute Gasteiger partial charge is 0.395 e. The Bertz CT molecular complexity index is 907. The number of aliphatic hydroxyl groups is 1. The molecule has 2 aromatic carbocycles. The van der Waals surface area contributed by atoms with Gasteiger partial charge in [0.05, 0.1) is 11.5 Å². The van der Waals surface area contributed by atoms with Crippen LogP contribution in [0.1, 0.15) is 31.2 Å². The van der Waals surface area contributed by atoms with Crippen molar-refractivity contribution in [3.05, 3.63) is 65.2 Å². The van der Waals surface area contributed by atoms with Gasteiger partial charge in [0.2, 0.25) is 5.91 Å². The molecule has 0 unspecified atom stereocenters. The van der Waals surface area contributed by atoms with Crippen LogP contribution in [0.15, 0.2) is 59.5 Å². The van der Waals surface area contributed by atoms with Crippen LogP contribution in [0.3, 0.4) is 0 Å². The van der Waals surface area contributed by atoms with Gasteiger partial charge in [-0.2, -0.15) is 0 Å². The zero-order valence-electron chi connectivity index (χ0n) is 15.6. The quantitative estimate of drug-likeness (QED) is 0.743. The Labute approximate surface area is 170 Å². The number of nitrogens with zero attached hydrogens (tertiary/aromatic N) is 1. The molecule has 1 fully saturated rings. The Morgan fingerprint density at radius 2 is 1.64 bits per heavy atom. The molecule has 0 aliphatic heterocycles. The zero-order valence-corrected chi connectivity index (χ0v) is 17.1. The summed E-state index contributed by atoms with van der Waals surface area (Å²) >= 11 is 5.90. The summed E-state index contributed by atoms with van der Waals surface area (Å²) < 4.78 is 25.5. The smallest absolute Gasteiger partial charge is 0.244 e. The average molecular weight is 422 g/mol. The number of hydrogen-bond donors (Lipinski definition) is 1. The molecule has 150 valence electrons. The van der Waals surface area contributed by atoms with E-state index in [0.717, 1.165) is 5.56 Å². The average Bonchev–Trinajstić information content (AvgIpc) is 3.20. The van der Waals surface area contributed by atoms with Crippen LogP contribution in [0, 0.1) is 0 Å². The molecule has 0 heterocycles. The van der Waals surface area contributed by atoms with Gasteiger partial charge in [-0.3, -0.25) is 4.79 Å². The summed E-state index contributed by atoms with van der Waals surface area (Å²) in [6, 6.07) is 15.3. The first kappa shape index (κ1) is 20.8. The van der Waals surface area contributed by atoms with Gasteiger partial charge in [-0.15, -0.1) is 0 Å². The van der Waals surface area contributed by atoms with E-state index in [2.05, 4.69) is 0 Å². The molecule has 0 radical (unpaired) electrons. The molecule has 1 aliphatic carbocycles. The molecule has 5 nitrogen and oxygen atoms in total. The molecular weight excluding hydrogens is 398 g/mol. The number of carbonyl (C=O) groups is 1. The van der Waals surface area contributed by atoms with Crippen molar-refractivity contribution in [3.8, 4) is 0 Å². The fourth-order valence-corrected chi connectivity index (χ4v) is 6.10. The van der Waals surface area contributed by atoms with Crippen LogP contribution in [-0.2, 0) is 21.2 Å². The second kappa shape index (κ2) is 8.64. The van der Waals surface area contributed by atoms with Crippen LogP contribution >= 0.6 is 11.6 Å². The Hall–Kier alpha value is -1.89. The number of hydrogen-bond acceptors (Lipinski definition) is 4. The van der Waals surface area contributed by atoms with Gasteiger partial charge in [-0.25, -0.2) is 8.42 Å².